The number of carbonyl (C=O) groups is 1. The number of amidine groups is 1. The number of nitrogens with one attached hydrogen (secondary N) is 1. The summed E-state index contributed by atoms with van der Waals surface area (Å²) in [5.74, 6) is 1.93. The van der Waals surface area contributed by atoms with Gasteiger partial charge in [-0.2, -0.15) is 0 Å². The third kappa shape index (κ3) is 2.78. The molecule has 1 N–H and O–H groups in total. The van der Waals surface area contributed by atoms with Crippen LogP contribution >= 0.6 is 0 Å². The Hall–Kier alpha value is -0.900. The highest BCUT2D eigenvalue weighted by atomic mass is 16.2. The third-order valence-corrected chi connectivity index (χ3v) is 2.99. The van der Waals surface area contributed by atoms with Crippen LogP contribution in [0.25, 0.3) is 0 Å². The molecule has 84 valence electrons. The van der Waals surface area contributed by atoms with Crippen LogP contribution in [0, 0.1) is 5.92 Å². The Balaban J connectivity index is 1.84. The van der Waals surface area contributed by atoms with E-state index in [0.29, 0.717) is 5.92 Å². The van der Waals surface area contributed by atoms with E-state index in [1.807, 2.05) is 11.9 Å². The lowest BCUT2D eigenvalue weighted by molar-refractivity contribution is -0.127. The number of hydrogen-bond donors (Lipinski definition) is 1. The van der Waals surface area contributed by atoms with Gasteiger partial charge >= 0.3 is 0 Å². The molecule has 0 radical (unpaired) electrons. The first-order valence-corrected chi connectivity index (χ1v) is 5.79. The molecule has 15 heavy (non-hydrogen) atoms. The van der Waals surface area contributed by atoms with E-state index in [9.17, 15) is 4.79 Å². The van der Waals surface area contributed by atoms with Crippen molar-refractivity contribution in [1.82, 2.24) is 10.2 Å². The minimum absolute atomic E-state index is 0.282. The summed E-state index contributed by atoms with van der Waals surface area (Å²) in [6, 6.07) is 0. The number of carbonyl (C=O) groups excluding carboxylic acids is 1. The van der Waals surface area contributed by atoms with Crippen LogP contribution in [0.3, 0.4) is 0 Å². The van der Waals surface area contributed by atoms with Crippen LogP contribution in [-0.2, 0) is 4.79 Å². The molecular weight excluding hydrogens is 190 g/mol. The molecule has 0 atom stereocenters. The molecule has 0 bridgehead atoms. The Bertz CT molecular complexity index is 271. The number of hydrogen-bond acceptors (Lipinski definition) is 3. The van der Waals surface area contributed by atoms with Gasteiger partial charge in [-0.25, -0.2) is 0 Å². The van der Waals surface area contributed by atoms with Crippen LogP contribution in [0.4, 0.5) is 0 Å². The lowest BCUT2D eigenvalue weighted by atomic mass is 10.2. The second-order valence-corrected chi connectivity index (χ2v) is 4.34. The second-order valence-electron chi connectivity index (χ2n) is 4.34. The lowest BCUT2D eigenvalue weighted by Crippen LogP contribution is -2.35. The molecule has 4 nitrogen and oxygen atoms in total. The van der Waals surface area contributed by atoms with E-state index in [1.54, 1.807) is 0 Å². The number of aliphatic imine (C=N–C) groups is 1. The number of amides is 1. The zero-order valence-corrected chi connectivity index (χ0v) is 9.33. The Labute approximate surface area is 90.7 Å². The molecule has 0 aromatic heterocycles. The highest BCUT2D eigenvalue weighted by molar-refractivity contribution is 5.99. The monoisotopic (exact) mass is 209 g/mol. The summed E-state index contributed by atoms with van der Waals surface area (Å²) in [5.41, 5.74) is 0. The van der Waals surface area contributed by atoms with E-state index >= 15 is 0 Å². The summed E-state index contributed by atoms with van der Waals surface area (Å²) < 4.78 is 0. The lowest BCUT2D eigenvalue weighted by Gasteiger charge is -2.18. The van der Waals surface area contributed by atoms with Crippen molar-refractivity contribution >= 4 is 11.7 Å². The van der Waals surface area contributed by atoms with Gasteiger partial charge in [0.15, 0.2) is 0 Å². The summed E-state index contributed by atoms with van der Waals surface area (Å²) in [6.45, 7) is 2.48. The first-order chi connectivity index (χ1) is 7.31. The van der Waals surface area contributed by atoms with Gasteiger partial charge in [0.25, 0.3) is 0 Å². The zero-order valence-electron chi connectivity index (χ0n) is 9.33. The second kappa shape index (κ2) is 4.75. The van der Waals surface area contributed by atoms with Gasteiger partial charge in [0.1, 0.15) is 5.84 Å². The fourth-order valence-corrected chi connectivity index (χ4v) is 1.89. The molecule has 2 aliphatic rings. The Kier molecular flexibility index (Phi) is 3.36. The molecule has 0 unspecified atom stereocenters. The van der Waals surface area contributed by atoms with Crippen molar-refractivity contribution in [1.29, 1.82) is 0 Å². The van der Waals surface area contributed by atoms with Crippen LogP contribution in [0.1, 0.15) is 25.7 Å². The maximum Gasteiger partial charge on any atom is 0.228 e. The molecule has 1 saturated carbocycles. The van der Waals surface area contributed by atoms with E-state index in [2.05, 4.69) is 10.3 Å². The van der Waals surface area contributed by atoms with Crippen LogP contribution in [0.15, 0.2) is 4.99 Å². The van der Waals surface area contributed by atoms with E-state index in [0.717, 1.165) is 38.3 Å². The fourth-order valence-electron chi connectivity index (χ4n) is 1.89. The van der Waals surface area contributed by atoms with Gasteiger partial charge < -0.3 is 5.32 Å². The summed E-state index contributed by atoms with van der Waals surface area (Å²) in [7, 11) is 1.92. The van der Waals surface area contributed by atoms with Crippen LogP contribution in [-0.4, -0.2) is 43.3 Å². The summed E-state index contributed by atoms with van der Waals surface area (Å²) in [5, 5.41) is 3.09. The summed E-state index contributed by atoms with van der Waals surface area (Å²) in [4.78, 5) is 18.2. The van der Waals surface area contributed by atoms with Crippen molar-refractivity contribution in [2.24, 2.45) is 10.9 Å². The van der Waals surface area contributed by atoms with E-state index in [-0.39, 0.29) is 5.91 Å². The van der Waals surface area contributed by atoms with Gasteiger partial charge in [0.05, 0.1) is 6.54 Å². The normalized spacial score (nSPS) is 20.6. The predicted molar refractivity (Wildman–Crippen MR) is 59.9 cm³/mol. The molecule has 2 rings (SSSR count). The van der Waals surface area contributed by atoms with Crippen molar-refractivity contribution in [3.8, 4) is 0 Å². The minimum atomic E-state index is 0.282. The van der Waals surface area contributed by atoms with Crippen molar-refractivity contribution in [3.63, 3.8) is 0 Å². The average molecular weight is 209 g/mol. The molecule has 0 aromatic carbocycles. The largest absolute Gasteiger partial charge is 0.319 e. The zero-order chi connectivity index (χ0) is 10.7. The first-order valence-electron chi connectivity index (χ1n) is 5.79. The third-order valence-electron chi connectivity index (χ3n) is 2.99. The maximum atomic E-state index is 11.9. The van der Waals surface area contributed by atoms with Crippen LogP contribution < -0.4 is 5.32 Å². The van der Waals surface area contributed by atoms with Gasteiger partial charge in [-0.05, 0) is 25.8 Å². The summed E-state index contributed by atoms with van der Waals surface area (Å²) >= 11 is 0. The molecule has 1 aliphatic heterocycles. The van der Waals surface area contributed by atoms with E-state index < -0.39 is 0 Å². The molecule has 1 amide bonds. The smallest absolute Gasteiger partial charge is 0.228 e. The van der Waals surface area contributed by atoms with Crippen molar-refractivity contribution in [2.45, 2.75) is 25.7 Å². The highest BCUT2D eigenvalue weighted by Gasteiger charge is 2.29. The minimum Gasteiger partial charge on any atom is -0.319 e. The SMILES string of the molecule is CNCCC1=NCCN1C(=O)CC1CC1. The molecule has 1 aliphatic carbocycles. The van der Waals surface area contributed by atoms with Gasteiger partial charge in [-0.3, -0.25) is 14.7 Å². The number of nitrogens with zero attached hydrogens (tertiary/aromatic N) is 2. The van der Waals surface area contributed by atoms with Crippen LogP contribution in [0.2, 0.25) is 0 Å². The van der Waals surface area contributed by atoms with Gasteiger partial charge in [0.2, 0.25) is 5.91 Å². The van der Waals surface area contributed by atoms with Crippen molar-refractivity contribution in [2.75, 3.05) is 26.7 Å². The first kappa shape index (κ1) is 10.6. The van der Waals surface area contributed by atoms with E-state index in [4.69, 9.17) is 0 Å². The average Bonchev–Trinajstić information content (AvgIpc) is 2.91. The van der Waals surface area contributed by atoms with Gasteiger partial charge in [-0.1, -0.05) is 0 Å². The number of rotatable bonds is 5. The topological polar surface area (TPSA) is 44.7 Å². The molecular formula is C11H19N3O. The Morgan fingerprint density at radius 1 is 1.60 bits per heavy atom. The standard InChI is InChI=1S/C11H19N3O/c1-12-5-4-10-13-6-7-14(10)11(15)8-9-2-3-9/h9,12H,2-8H2,1H3. The molecule has 0 spiro atoms. The van der Waals surface area contributed by atoms with Gasteiger partial charge in [0, 0.05) is 25.9 Å². The van der Waals surface area contributed by atoms with Crippen molar-refractivity contribution in [3.05, 3.63) is 0 Å². The van der Waals surface area contributed by atoms with Crippen LogP contribution in [0.5, 0.6) is 0 Å². The summed E-state index contributed by atoms with van der Waals surface area (Å²) in [6.07, 6.45) is 4.08. The Morgan fingerprint density at radius 3 is 3.07 bits per heavy atom. The molecule has 1 heterocycles. The molecule has 1 fully saturated rings. The Morgan fingerprint density at radius 2 is 2.40 bits per heavy atom. The maximum absolute atomic E-state index is 11.9. The predicted octanol–water partition coefficient (Wildman–Crippen LogP) is 0.637. The fraction of sp³-hybridized carbons (Fsp3) is 0.818. The quantitative estimate of drug-likeness (QED) is 0.722. The van der Waals surface area contributed by atoms with Crippen molar-refractivity contribution < 1.29 is 4.79 Å². The highest BCUT2D eigenvalue weighted by Crippen LogP contribution is 2.33. The molecule has 0 aromatic rings. The molecule has 0 saturated heterocycles. The van der Waals surface area contributed by atoms with E-state index in [1.165, 1.54) is 12.8 Å². The van der Waals surface area contributed by atoms with Gasteiger partial charge in [-0.15, -0.1) is 0 Å². The molecule has 4 heteroatoms.